The van der Waals surface area contributed by atoms with E-state index in [9.17, 15) is 4.79 Å². The minimum absolute atomic E-state index is 0.0487. The van der Waals surface area contributed by atoms with Crippen LogP contribution in [-0.2, 0) is 11.3 Å². The van der Waals surface area contributed by atoms with E-state index in [-0.39, 0.29) is 11.6 Å². The number of rotatable bonds is 2. The van der Waals surface area contributed by atoms with Crippen molar-refractivity contribution in [2.24, 2.45) is 0 Å². The first-order valence-corrected chi connectivity index (χ1v) is 6.46. The topological polar surface area (TPSA) is 56.7 Å². The second kappa shape index (κ2) is 4.93. The fourth-order valence-electron chi connectivity index (χ4n) is 2.30. The molecule has 2 aromatic rings. The normalized spacial score (nSPS) is 13.3. The third kappa shape index (κ3) is 2.01. The van der Waals surface area contributed by atoms with Crippen molar-refractivity contribution in [2.45, 2.75) is 6.54 Å². The van der Waals surface area contributed by atoms with E-state index in [0.29, 0.717) is 22.8 Å². The van der Waals surface area contributed by atoms with Crippen molar-refractivity contribution in [1.82, 2.24) is 0 Å². The molecule has 0 saturated heterocycles. The lowest BCUT2D eigenvalue weighted by atomic mass is 10.1. The molecular weight excluding hydrogens is 274 g/mol. The average molecular weight is 284 g/mol. The molecule has 3 rings (SSSR count). The molecule has 1 aliphatic rings. The standard InChI is InChI=1S/C15H10ClN3O/c16-11-6-7-12-13(8-11)19(15(20)14(12)18-17)9-10-4-2-1-3-5-10/h1-8H,9H2. The number of halogens is 1. The van der Waals surface area contributed by atoms with Gasteiger partial charge < -0.3 is 5.53 Å². The summed E-state index contributed by atoms with van der Waals surface area (Å²) in [7, 11) is 0. The summed E-state index contributed by atoms with van der Waals surface area (Å²) < 4.78 is 0. The maximum absolute atomic E-state index is 12.3. The van der Waals surface area contributed by atoms with E-state index in [4.69, 9.17) is 17.1 Å². The first-order valence-electron chi connectivity index (χ1n) is 6.08. The number of anilines is 1. The Hall–Kier alpha value is -2.42. The molecular formula is C15H10ClN3O. The van der Waals surface area contributed by atoms with Gasteiger partial charge in [-0.05, 0) is 23.8 Å². The zero-order valence-electron chi connectivity index (χ0n) is 10.5. The van der Waals surface area contributed by atoms with E-state index < -0.39 is 0 Å². The summed E-state index contributed by atoms with van der Waals surface area (Å²) in [6, 6.07) is 14.7. The highest BCUT2D eigenvalue weighted by atomic mass is 35.5. The predicted molar refractivity (Wildman–Crippen MR) is 76.8 cm³/mol. The van der Waals surface area contributed by atoms with Gasteiger partial charge in [0, 0.05) is 5.02 Å². The lowest BCUT2D eigenvalue weighted by molar-refractivity contribution is -0.116. The van der Waals surface area contributed by atoms with Gasteiger partial charge in [-0.2, -0.15) is 4.79 Å². The van der Waals surface area contributed by atoms with Crippen molar-refractivity contribution in [3.8, 4) is 0 Å². The Balaban J connectivity index is 2.07. The molecule has 1 amide bonds. The minimum atomic E-state index is -0.325. The van der Waals surface area contributed by atoms with Crippen LogP contribution in [0.4, 0.5) is 5.69 Å². The summed E-state index contributed by atoms with van der Waals surface area (Å²) in [6.07, 6.45) is 0. The van der Waals surface area contributed by atoms with Crippen molar-refractivity contribution in [2.75, 3.05) is 4.90 Å². The molecule has 0 spiro atoms. The molecule has 5 heteroatoms. The third-order valence-corrected chi connectivity index (χ3v) is 3.47. The van der Waals surface area contributed by atoms with Gasteiger partial charge in [0.05, 0.1) is 17.8 Å². The molecule has 0 unspecified atom stereocenters. The lowest BCUT2D eigenvalue weighted by Gasteiger charge is -2.15. The molecule has 0 aromatic heterocycles. The number of nitrogens with zero attached hydrogens (tertiary/aromatic N) is 3. The Morgan fingerprint density at radius 1 is 1.15 bits per heavy atom. The zero-order valence-corrected chi connectivity index (χ0v) is 11.2. The van der Waals surface area contributed by atoms with Gasteiger partial charge in [0.15, 0.2) is 0 Å². The molecule has 0 fully saturated rings. The fourth-order valence-corrected chi connectivity index (χ4v) is 2.47. The van der Waals surface area contributed by atoms with Crippen molar-refractivity contribution in [1.29, 1.82) is 0 Å². The summed E-state index contributed by atoms with van der Waals surface area (Å²) in [6.45, 7) is 0.409. The van der Waals surface area contributed by atoms with E-state index in [1.807, 2.05) is 30.3 Å². The van der Waals surface area contributed by atoms with Crippen LogP contribution in [0.15, 0.2) is 48.5 Å². The van der Waals surface area contributed by atoms with Gasteiger partial charge in [0.25, 0.3) is 0 Å². The van der Waals surface area contributed by atoms with Gasteiger partial charge in [-0.1, -0.05) is 41.9 Å². The molecule has 98 valence electrons. The van der Waals surface area contributed by atoms with Crippen LogP contribution >= 0.6 is 11.6 Å². The maximum atomic E-state index is 12.3. The zero-order chi connectivity index (χ0) is 14.1. The monoisotopic (exact) mass is 283 g/mol. The van der Waals surface area contributed by atoms with E-state index in [1.54, 1.807) is 23.1 Å². The molecule has 0 saturated carbocycles. The Bertz CT molecular complexity index is 736. The summed E-state index contributed by atoms with van der Waals surface area (Å²) in [5, 5.41) is 0.536. The fraction of sp³-hybridized carbons (Fsp3) is 0.0667. The highest BCUT2D eigenvalue weighted by Crippen LogP contribution is 2.32. The molecule has 0 aliphatic carbocycles. The number of carbonyl (C=O) groups is 1. The van der Waals surface area contributed by atoms with Gasteiger partial charge in [-0.25, -0.2) is 0 Å². The quantitative estimate of drug-likeness (QED) is 0.617. The molecule has 20 heavy (non-hydrogen) atoms. The van der Waals surface area contributed by atoms with Gasteiger partial charge in [0.2, 0.25) is 0 Å². The highest BCUT2D eigenvalue weighted by molar-refractivity contribution is 6.52. The van der Waals surface area contributed by atoms with Crippen LogP contribution in [0.3, 0.4) is 0 Å². The van der Waals surface area contributed by atoms with E-state index in [2.05, 4.69) is 4.79 Å². The Morgan fingerprint density at radius 3 is 2.60 bits per heavy atom. The Morgan fingerprint density at radius 2 is 1.90 bits per heavy atom. The number of hydrogen-bond acceptors (Lipinski definition) is 1. The first-order chi connectivity index (χ1) is 9.70. The number of fused-ring (bicyclic) bond motifs is 1. The molecule has 0 radical (unpaired) electrons. The summed E-state index contributed by atoms with van der Waals surface area (Å²) in [5.41, 5.74) is 11.3. The number of amides is 1. The summed E-state index contributed by atoms with van der Waals surface area (Å²) in [4.78, 5) is 17.0. The summed E-state index contributed by atoms with van der Waals surface area (Å²) >= 11 is 5.99. The van der Waals surface area contributed by atoms with Crippen molar-refractivity contribution in [3.63, 3.8) is 0 Å². The predicted octanol–water partition coefficient (Wildman–Crippen LogP) is 2.91. The maximum Gasteiger partial charge on any atom is 0.389 e. The second-order valence-corrected chi connectivity index (χ2v) is 4.92. The van der Waals surface area contributed by atoms with Gasteiger partial charge in [-0.15, -0.1) is 0 Å². The molecule has 1 heterocycles. The largest absolute Gasteiger partial charge is 0.389 e. The van der Waals surface area contributed by atoms with Crippen LogP contribution in [0.25, 0.3) is 5.53 Å². The number of hydrogen-bond donors (Lipinski definition) is 0. The number of benzene rings is 2. The van der Waals surface area contributed by atoms with Crippen LogP contribution < -0.4 is 4.90 Å². The first kappa shape index (κ1) is 12.6. The van der Waals surface area contributed by atoms with Gasteiger partial charge in [-0.3, -0.25) is 9.69 Å². The van der Waals surface area contributed by atoms with Crippen molar-refractivity contribution >= 4 is 28.9 Å². The lowest BCUT2D eigenvalue weighted by Crippen LogP contribution is -2.29. The van der Waals surface area contributed by atoms with Crippen LogP contribution in [0.5, 0.6) is 0 Å². The molecule has 4 nitrogen and oxygen atoms in total. The van der Waals surface area contributed by atoms with E-state index in [1.165, 1.54) is 0 Å². The minimum Gasteiger partial charge on any atom is -0.361 e. The summed E-state index contributed by atoms with van der Waals surface area (Å²) in [5.74, 6) is -0.325. The van der Waals surface area contributed by atoms with Gasteiger partial charge in [0.1, 0.15) is 0 Å². The smallest absolute Gasteiger partial charge is 0.361 e. The highest BCUT2D eigenvalue weighted by Gasteiger charge is 2.40. The Kier molecular flexibility index (Phi) is 3.11. The third-order valence-electron chi connectivity index (χ3n) is 3.24. The molecule has 1 aliphatic heterocycles. The molecule has 0 bridgehead atoms. The molecule has 0 atom stereocenters. The molecule has 2 aromatic carbocycles. The number of carbonyl (C=O) groups excluding carboxylic acids is 1. The van der Waals surface area contributed by atoms with Crippen molar-refractivity contribution < 1.29 is 9.58 Å². The average Bonchev–Trinajstić information content (AvgIpc) is 2.72. The molecule has 0 N–H and O–H groups in total. The van der Waals surface area contributed by atoms with Crippen LogP contribution in [0, 0.1) is 0 Å². The van der Waals surface area contributed by atoms with Gasteiger partial charge >= 0.3 is 11.6 Å². The van der Waals surface area contributed by atoms with Crippen LogP contribution in [0.2, 0.25) is 5.02 Å². The van der Waals surface area contributed by atoms with E-state index in [0.717, 1.165) is 5.56 Å². The van der Waals surface area contributed by atoms with E-state index >= 15 is 0 Å². The van der Waals surface area contributed by atoms with Crippen LogP contribution in [-0.4, -0.2) is 16.4 Å². The SMILES string of the molecule is [N-]=[N+]=C1C(=O)N(Cc2ccccc2)c2cc(Cl)ccc21. The van der Waals surface area contributed by atoms with Crippen molar-refractivity contribution in [3.05, 3.63) is 70.2 Å². The van der Waals surface area contributed by atoms with Crippen LogP contribution in [0.1, 0.15) is 11.1 Å². The Labute approximate surface area is 120 Å². The second-order valence-electron chi connectivity index (χ2n) is 4.49.